The molecule has 0 saturated heterocycles. The zero-order valence-electron chi connectivity index (χ0n) is 19.1. The van der Waals surface area contributed by atoms with Crippen molar-refractivity contribution >= 4 is 34.6 Å². The molecule has 10 heteroatoms. The molecule has 0 aliphatic carbocycles. The van der Waals surface area contributed by atoms with Crippen molar-refractivity contribution < 1.29 is 28.0 Å². The molecule has 0 aliphatic heterocycles. The lowest BCUT2D eigenvalue weighted by molar-refractivity contribution is -0.150. The summed E-state index contributed by atoms with van der Waals surface area (Å²) < 4.78 is 16.7. The Morgan fingerprint density at radius 2 is 1.80 bits per heavy atom. The Kier molecular flexibility index (Phi) is 6.81. The summed E-state index contributed by atoms with van der Waals surface area (Å²) in [6.45, 7) is 1.10. The first-order chi connectivity index (χ1) is 16.9. The molecule has 1 atom stereocenters. The van der Waals surface area contributed by atoms with E-state index < -0.39 is 36.2 Å². The van der Waals surface area contributed by atoms with Crippen molar-refractivity contribution in [2.45, 2.75) is 19.5 Å². The van der Waals surface area contributed by atoms with Crippen molar-refractivity contribution in [3.8, 4) is 0 Å². The van der Waals surface area contributed by atoms with Gasteiger partial charge in [0.15, 0.2) is 12.2 Å². The quantitative estimate of drug-likeness (QED) is 0.387. The molecule has 35 heavy (non-hydrogen) atoms. The summed E-state index contributed by atoms with van der Waals surface area (Å²) in [6.07, 6.45) is 1.51. The van der Waals surface area contributed by atoms with Gasteiger partial charge in [0.25, 0.3) is 11.8 Å². The molecule has 0 aliphatic rings. The van der Waals surface area contributed by atoms with Crippen LogP contribution in [0.15, 0.2) is 80.6 Å². The number of carbonyl (C=O) groups excluding carboxylic acids is 3. The van der Waals surface area contributed by atoms with Crippen LogP contribution in [0, 0.1) is 0 Å². The van der Waals surface area contributed by atoms with Gasteiger partial charge in [-0.3, -0.25) is 14.2 Å². The number of likely N-dealkylation sites (N-methyl/N-ethyl adjacent to an activating group) is 1. The molecule has 2 aromatic heterocycles. The van der Waals surface area contributed by atoms with Gasteiger partial charge in [-0.05, 0) is 43.3 Å². The predicted molar refractivity (Wildman–Crippen MR) is 126 cm³/mol. The van der Waals surface area contributed by atoms with Crippen LogP contribution in [0.2, 0.25) is 0 Å². The molecule has 2 aromatic carbocycles. The number of esters is 1. The number of nitrogens with zero attached hydrogens (tertiary/aromatic N) is 2. The molecule has 0 saturated carbocycles. The largest absolute Gasteiger partial charge is 0.467 e. The smallest absolute Gasteiger partial charge is 0.420 e. The highest BCUT2D eigenvalue weighted by Crippen LogP contribution is 2.21. The van der Waals surface area contributed by atoms with Crippen LogP contribution in [0.5, 0.6) is 0 Å². The lowest BCUT2D eigenvalue weighted by Gasteiger charge is -2.21. The van der Waals surface area contributed by atoms with Gasteiger partial charge in [0.2, 0.25) is 0 Å². The molecule has 0 radical (unpaired) electrons. The topological polar surface area (TPSA) is 124 Å². The van der Waals surface area contributed by atoms with Crippen LogP contribution >= 0.6 is 0 Å². The van der Waals surface area contributed by atoms with Gasteiger partial charge < -0.3 is 23.8 Å². The van der Waals surface area contributed by atoms with Gasteiger partial charge in [-0.25, -0.2) is 9.59 Å². The average molecular weight is 477 g/mol. The first-order valence-electron chi connectivity index (χ1n) is 10.8. The average Bonchev–Trinajstić information content (AvgIpc) is 3.51. The maximum Gasteiger partial charge on any atom is 0.420 e. The van der Waals surface area contributed by atoms with E-state index in [-0.39, 0.29) is 12.1 Å². The third-order valence-corrected chi connectivity index (χ3v) is 5.47. The maximum absolute atomic E-state index is 12.8. The predicted octanol–water partition coefficient (Wildman–Crippen LogP) is 2.88. The Labute approximate surface area is 199 Å². The van der Waals surface area contributed by atoms with Crippen LogP contribution in [0.1, 0.15) is 29.1 Å². The Hall–Kier alpha value is -4.60. The SMILES string of the molecule is CC(C(=O)OCC(=O)N(C)c1ccccc1C(=O)NCc1ccco1)n1c(=O)oc2ccccc21. The van der Waals surface area contributed by atoms with Crippen LogP contribution in [0.4, 0.5) is 5.69 Å². The summed E-state index contributed by atoms with van der Waals surface area (Å²) in [6, 6.07) is 15.7. The zero-order valence-corrected chi connectivity index (χ0v) is 19.1. The molecule has 180 valence electrons. The third kappa shape index (κ3) is 5.01. The van der Waals surface area contributed by atoms with Crippen molar-refractivity contribution in [2.24, 2.45) is 0 Å². The second kappa shape index (κ2) is 10.1. The van der Waals surface area contributed by atoms with Crippen molar-refractivity contribution in [3.05, 3.63) is 88.8 Å². The number of benzene rings is 2. The standard InChI is InChI=1S/C25H23N3O7/c1-16(28-20-11-5-6-12-21(20)35-25(28)32)24(31)34-15-22(29)27(2)19-10-4-3-9-18(19)23(30)26-14-17-8-7-13-33-17/h3-13,16H,14-15H2,1-2H3,(H,26,30). The number of furan rings is 1. The first-order valence-corrected chi connectivity index (χ1v) is 10.8. The number of rotatable bonds is 8. The molecule has 4 rings (SSSR count). The molecule has 0 fully saturated rings. The molecule has 1 unspecified atom stereocenters. The van der Waals surface area contributed by atoms with Crippen LogP contribution in [-0.4, -0.2) is 36.0 Å². The van der Waals surface area contributed by atoms with Gasteiger partial charge in [0, 0.05) is 7.05 Å². The summed E-state index contributed by atoms with van der Waals surface area (Å²) in [5.74, 6) is -1.83. The number of para-hydroxylation sites is 3. The number of amides is 2. The summed E-state index contributed by atoms with van der Waals surface area (Å²) in [7, 11) is 1.48. The number of carbonyl (C=O) groups is 3. The number of oxazole rings is 1. The Bertz CT molecular complexity index is 1420. The number of fused-ring (bicyclic) bond motifs is 1. The number of nitrogens with one attached hydrogen (secondary N) is 1. The van der Waals surface area contributed by atoms with Gasteiger partial charge in [-0.1, -0.05) is 24.3 Å². The summed E-state index contributed by atoms with van der Waals surface area (Å²) in [5, 5.41) is 2.74. The number of hydrogen-bond donors (Lipinski definition) is 1. The Balaban J connectivity index is 1.41. The number of aromatic nitrogens is 1. The minimum atomic E-state index is -1.01. The van der Waals surface area contributed by atoms with Gasteiger partial charge in [0.05, 0.1) is 29.6 Å². The van der Waals surface area contributed by atoms with E-state index in [1.807, 2.05) is 0 Å². The fourth-order valence-electron chi connectivity index (χ4n) is 3.57. The van der Waals surface area contributed by atoms with Crippen molar-refractivity contribution in [1.29, 1.82) is 0 Å². The Morgan fingerprint density at radius 3 is 2.57 bits per heavy atom. The number of ether oxygens (including phenoxy) is 1. The molecule has 10 nitrogen and oxygen atoms in total. The van der Waals surface area contributed by atoms with Crippen molar-refractivity contribution in [2.75, 3.05) is 18.6 Å². The Morgan fingerprint density at radius 1 is 1.06 bits per heavy atom. The van der Waals surface area contributed by atoms with E-state index in [1.165, 1.54) is 29.7 Å². The van der Waals surface area contributed by atoms with E-state index >= 15 is 0 Å². The summed E-state index contributed by atoms with van der Waals surface area (Å²) in [5.41, 5.74) is 1.40. The fourth-order valence-corrected chi connectivity index (χ4v) is 3.57. The van der Waals surface area contributed by atoms with Crippen LogP contribution in [-0.2, 0) is 20.9 Å². The van der Waals surface area contributed by atoms with Crippen LogP contribution < -0.4 is 16.0 Å². The van der Waals surface area contributed by atoms with E-state index in [0.29, 0.717) is 22.5 Å². The number of hydrogen-bond acceptors (Lipinski definition) is 7. The van der Waals surface area contributed by atoms with E-state index in [1.54, 1.807) is 60.7 Å². The minimum absolute atomic E-state index is 0.190. The molecular formula is C25H23N3O7. The second-order valence-electron chi connectivity index (χ2n) is 7.72. The lowest BCUT2D eigenvalue weighted by Crippen LogP contribution is -2.35. The summed E-state index contributed by atoms with van der Waals surface area (Å²) >= 11 is 0. The summed E-state index contributed by atoms with van der Waals surface area (Å²) in [4.78, 5) is 51.5. The third-order valence-electron chi connectivity index (χ3n) is 5.47. The fraction of sp³-hybridized carbons (Fsp3) is 0.200. The van der Waals surface area contributed by atoms with Crippen LogP contribution in [0.25, 0.3) is 11.1 Å². The maximum atomic E-state index is 12.8. The van der Waals surface area contributed by atoms with E-state index in [2.05, 4.69) is 5.32 Å². The highest BCUT2D eigenvalue weighted by atomic mass is 16.5. The molecule has 2 heterocycles. The van der Waals surface area contributed by atoms with E-state index in [0.717, 1.165) is 0 Å². The van der Waals surface area contributed by atoms with Gasteiger partial charge in [-0.2, -0.15) is 0 Å². The molecule has 0 bridgehead atoms. The van der Waals surface area contributed by atoms with Gasteiger partial charge >= 0.3 is 11.7 Å². The molecular weight excluding hydrogens is 454 g/mol. The van der Waals surface area contributed by atoms with Crippen LogP contribution in [0.3, 0.4) is 0 Å². The number of anilines is 1. The second-order valence-corrected chi connectivity index (χ2v) is 7.72. The molecule has 2 amide bonds. The van der Waals surface area contributed by atoms with Crippen molar-refractivity contribution in [3.63, 3.8) is 0 Å². The molecule has 1 N–H and O–H groups in total. The molecule has 0 spiro atoms. The molecule has 4 aromatic rings. The highest BCUT2D eigenvalue weighted by molar-refractivity contribution is 6.05. The van der Waals surface area contributed by atoms with Gasteiger partial charge in [-0.15, -0.1) is 0 Å². The normalized spacial score (nSPS) is 11.7. The van der Waals surface area contributed by atoms with E-state index in [9.17, 15) is 19.2 Å². The van der Waals surface area contributed by atoms with Crippen molar-refractivity contribution in [1.82, 2.24) is 9.88 Å². The monoisotopic (exact) mass is 477 g/mol. The highest BCUT2D eigenvalue weighted by Gasteiger charge is 2.25. The lowest BCUT2D eigenvalue weighted by atomic mass is 10.1. The minimum Gasteiger partial charge on any atom is -0.467 e. The van der Waals surface area contributed by atoms with E-state index in [4.69, 9.17) is 13.6 Å². The first kappa shape index (κ1) is 23.6. The van der Waals surface area contributed by atoms with Gasteiger partial charge in [0.1, 0.15) is 11.8 Å². The zero-order chi connectivity index (χ0) is 24.9.